The van der Waals surface area contributed by atoms with Gasteiger partial charge < -0.3 is 15.0 Å². The molecule has 2 amide bonds. The van der Waals surface area contributed by atoms with Crippen molar-refractivity contribution in [1.29, 1.82) is 0 Å². The molecule has 1 heterocycles. The van der Waals surface area contributed by atoms with Gasteiger partial charge in [0.25, 0.3) is 5.91 Å². The predicted molar refractivity (Wildman–Crippen MR) is 101 cm³/mol. The van der Waals surface area contributed by atoms with Gasteiger partial charge in [-0.1, -0.05) is 35.9 Å². The fourth-order valence-corrected chi connectivity index (χ4v) is 2.96. The van der Waals surface area contributed by atoms with E-state index in [4.69, 9.17) is 4.74 Å². The van der Waals surface area contributed by atoms with Crippen LogP contribution in [0.1, 0.15) is 30.0 Å². The Labute approximate surface area is 154 Å². The van der Waals surface area contributed by atoms with Crippen LogP contribution < -0.4 is 15.0 Å². The second-order valence-electron chi connectivity index (χ2n) is 6.73. The Hall–Kier alpha value is -2.82. The molecule has 0 aromatic heterocycles. The van der Waals surface area contributed by atoms with Crippen molar-refractivity contribution in [2.45, 2.75) is 39.8 Å². The summed E-state index contributed by atoms with van der Waals surface area (Å²) in [4.78, 5) is 26.4. The van der Waals surface area contributed by atoms with Crippen molar-refractivity contribution < 1.29 is 14.3 Å². The van der Waals surface area contributed by atoms with Crippen LogP contribution in [-0.2, 0) is 16.1 Å². The van der Waals surface area contributed by atoms with E-state index in [1.807, 2.05) is 56.3 Å². The summed E-state index contributed by atoms with van der Waals surface area (Å²) in [6.07, 6.45) is -0.293. The molecule has 136 valence electrons. The maximum Gasteiger partial charge on any atom is 0.267 e. The second kappa shape index (κ2) is 7.60. The van der Waals surface area contributed by atoms with Gasteiger partial charge in [-0.3, -0.25) is 9.59 Å². The molecule has 1 aliphatic rings. The summed E-state index contributed by atoms with van der Waals surface area (Å²) in [7, 11) is 0. The van der Waals surface area contributed by atoms with E-state index in [-0.39, 0.29) is 18.2 Å². The molecule has 0 saturated heterocycles. The molecule has 0 fully saturated rings. The minimum absolute atomic E-state index is 0.0771. The van der Waals surface area contributed by atoms with Crippen molar-refractivity contribution >= 4 is 17.5 Å². The topological polar surface area (TPSA) is 58.6 Å². The summed E-state index contributed by atoms with van der Waals surface area (Å²) < 4.78 is 5.66. The summed E-state index contributed by atoms with van der Waals surface area (Å²) in [5, 5.41) is 2.91. The molecule has 0 radical (unpaired) electrons. The number of nitrogens with zero attached hydrogens (tertiary/aromatic N) is 1. The number of nitrogens with one attached hydrogen (secondary N) is 1. The highest BCUT2D eigenvalue weighted by Crippen LogP contribution is 2.34. The third kappa shape index (κ3) is 4.04. The lowest BCUT2D eigenvalue weighted by atomic mass is 10.1. The van der Waals surface area contributed by atoms with E-state index in [0.717, 1.165) is 16.8 Å². The number of anilines is 1. The third-order valence-corrected chi connectivity index (χ3v) is 4.50. The lowest BCUT2D eigenvalue weighted by Crippen LogP contribution is -2.45. The van der Waals surface area contributed by atoms with Gasteiger partial charge in [0.1, 0.15) is 5.75 Å². The number of rotatable bonds is 5. The Bertz CT molecular complexity index is 815. The quantitative estimate of drug-likeness (QED) is 0.899. The van der Waals surface area contributed by atoms with Gasteiger partial charge in [-0.05, 0) is 44.0 Å². The number of carbonyl (C=O) groups is 2. The van der Waals surface area contributed by atoms with E-state index in [1.54, 1.807) is 11.8 Å². The molecule has 0 saturated carbocycles. The highest BCUT2D eigenvalue weighted by atomic mass is 16.5. The number of ether oxygens (including phenoxy) is 1. The summed E-state index contributed by atoms with van der Waals surface area (Å²) in [6, 6.07) is 13.8. The van der Waals surface area contributed by atoms with Gasteiger partial charge in [0.15, 0.2) is 6.10 Å². The Kier molecular flexibility index (Phi) is 5.26. The minimum atomic E-state index is -0.541. The van der Waals surface area contributed by atoms with Crippen molar-refractivity contribution in [3.05, 3.63) is 59.2 Å². The van der Waals surface area contributed by atoms with Gasteiger partial charge in [0.2, 0.25) is 5.91 Å². The monoisotopic (exact) mass is 352 g/mol. The van der Waals surface area contributed by atoms with Crippen LogP contribution >= 0.6 is 0 Å². The molecule has 26 heavy (non-hydrogen) atoms. The zero-order valence-corrected chi connectivity index (χ0v) is 15.4. The first kappa shape index (κ1) is 18.0. The molecule has 5 nitrogen and oxygen atoms in total. The number of fused-ring (bicyclic) bond motifs is 1. The molecule has 1 atom stereocenters. The molecule has 2 aromatic rings. The summed E-state index contributed by atoms with van der Waals surface area (Å²) in [6.45, 7) is 6.55. The normalized spacial score (nSPS) is 16.0. The van der Waals surface area contributed by atoms with Crippen molar-refractivity contribution in [1.82, 2.24) is 5.32 Å². The van der Waals surface area contributed by atoms with E-state index in [9.17, 15) is 9.59 Å². The number of amides is 2. The van der Waals surface area contributed by atoms with Crippen molar-refractivity contribution in [2.24, 2.45) is 0 Å². The van der Waals surface area contributed by atoms with Crippen LogP contribution in [-0.4, -0.2) is 24.5 Å². The third-order valence-electron chi connectivity index (χ3n) is 4.50. The maximum atomic E-state index is 12.5. The summed E-state index contributed by atoms with van der Waals surface area (Å²) in [5.41, 5.74) is 4.03. The average molecular weight is 352 g/mol. The van der Waals surface area contributed by atoms with Gasteiger partial charge in [-0.2, -0.15) is 0 Å². The molecule has 0 bridgehead atoms. The number of carbonyl (C=O) groups excluding carboxylic acids is 2. The molecule has 1 unspecified atom stereocenters. The van der Waals surface area contributed by atoms with Gasteiger partial charge in [-0.25, -0.2) is 0 Å². The molecule has 0 aliphatic carbocycles. The molecule has 0 spiro atoms. The first-order valence-electron chi connectivity index (χ1n) is 8.85. The Morgan fingerprint density at radius 1 is 1.12 bits per heavy atom. The van der Waals surface area contributed by atoms with Crippen molar-refractivity contribution in [2.75, 3.05) is 11.4 Å². The molecular weight excluding hydrogens is 328 g/mol. The highest BCUT2D eigenvalue weighted by Gasteiger charge is 2.31. The van der Waals surface area contributed by atoms with Crippen LogP contribution in [0.4, 0.5) is 5.69 Å². The zero-order valence-electron chi connectivity index (χ0n) is 15.4. The van der Waals surface area contributed by atoms with E-state index in [2.05, 4.69) is 5.32 Å². The first-order valence-corrected chi connectivity index (χ1v) is 8.85. The number of hydrogen-bond donors (Lipinski definition) is 1. The van der Waals surface area contributed by atoms with E-state index in [0.29, 0.717) is 18.8 Å². The number of benzene rings is 2. The largest absolute Gasteiger partial charge is 0.479 e. The Morgan fingerprint density at radius 3 is 2.54 bits per heavy atom. The fraction of sp³-hybridized carbons (Fsp3) is 0.333. The van der Waals surface area contributed by atoms with Crippen LogP contribution in [0.15, 0.2) is 42.5 Å². The first-order chi connectivity index (χ1) is 12.4. The number of aryl methyl sites for hydroxylation is 2. The van der Waals surface area contributed by atoms with Crippen molar-refractivity contribution in [3.8, 4) is 5.75 Å². The van der Waals surface area contributed by atoms with E-state index < -0.39 is 6.10 Å². The summed E-state index contributed by atoms with van der Waals surface area (Å²) >= 11 is 0. The second-order valence-corrected chi connectivity index (χ2v) is 6.73. The molecule has 1 N–H and O–H groups in total. The smallest absolute Gasteiger partial charge is 0.267 e. The highest BCUT2D eigenvalue weighted by molar-refractivity contribution is 6.00. The van der Waals surface area contributed by atoms with Crippen LogP contribution in [0.2, 0.25) is 0 Å². The molecule has 1 aliphatic heterocycles. The molecular formula is C21H24N2O3. The molecule has 2 aromatic carbocycles. The number of hydrogen-bond acceptors (Lipinski definition) is 3. The van der Waals surface area contributed by atoms with Gasteiger partial charge in [0.05, 0.1) is 5.69 Å². The maximum absolute atomic E-state index is 12.5. The lowest BCUT2D eigenvalue weighted by Gasteiger charge is -2.33. The van der Waals surface area contributed by atoms with Gasteiger partial charge in [0, 0.05) is 19.5 Å². The summed E-state index contributed by atoms with van der Waals surface area (Å²) in [5.74, 6) is 0.490. The van der Waals surface area contributed by atoms with E-state index >= 15 is 0 Å². The lowest BCUT2D eigenvalue weighted by molar-refractivity contribution is -0.125. The fourth-order valence-electron chi connectivity index (χ4n) is 2.96. The van der Waals surface area contributed by atoms with Crippen LogP contribution in [0, 0.1) is 13.8 Å². The SMILES string of the molecule is Cc1ccc(CNC(=O)CCN2C(=O)C(C)Oc3ccc(C)cc32)cc1. The minimum Gasteiger partial charge on any atom is -0.479 e. The predicted octanol–water partition coefficient (Wildman–Crippen LogP) is 3.12. The van der Waals surface area contributed by atoms with Crippen molar-refractivity contribution in [3.63, 3.8) is 0 Å². The van der Waals surface area contributed by atoms with Gasteiger partial charge in [-0.15, -0.1) is 0 Å². The zero-order chi connectivity index (χ0) is 18.7. The molecule has 3 rings (SSSR count). The molecule has 5 heteroatoms. The average Bonchev–Trinajstić information content (AvgIpc) is 2.62. The Balaban J connectivity index is 1.61. The van der Waals surface area contributed by atoms with E-state index in [1.165, 1.54) is 5.56 Å². The van der Waals surface area contributed by atoms with Crippen LogP contribution in [0.25, 0.3) is 0 Å². The van der Waals surface area contributed by atoms with Crippen LogP contribution in [0.3, 0.4) is 0 Å². The van der Waals surface area contributed by atoms with Crippen LogP contribution in [0.5, 0.6) is 5.75 Å². The Morgan fingerprint density at radius 2 is 1.81 bits per heavy atom. The van der Waals surface area contributed by atoms with Gasteiger partial charge >= 0.3 is 0 Å². The standard InChI is InChI=1S/C21H24N2O3/c1-14-4-7-17(8-5-14)13-22-20(24)10-11-23-18-12-15(2)6-9-19(18)26-16(3)21(23)25/h4-9,12,16H,10-11,13H2,1-3H3,(H,22,24).